The molecule has 26 heavy (non-hydrogen) atoms. The van der Waals surface area contributed by atoms with E-state index in [0.717, 1.165) is 11.1 Å². The van der Waals surface area contributed by atoms with Crippen molar-refractivity contribution >= 4 is 17.2 Å². The Morgan fingerprint density at radius 1 is 1.27 bits per heavy atom. The number of hydrogen-bond donors (Lipinski definition) is 0. The first-order chi connectivity index (χ1) is 11.9. The van der Waals surface area contributed by atoms with Gasteiger partial charge in [0.05, 0.1) is 0 Å². The minimum absolute atomic E-state index is 0.0258. The van der Waals surface area contributed by atoms with Gasteiger partial charge in [0.2, 0.25) is 0 Å². The molecule has 0 spiro atoms. The van der Waals surface area contributed by atoms with Gasteiger partial charge < -0.3 is 13.8 Å². The van der Waals surface area contributed by atoms with E-state index in [9.17, 15) is 22.2 Å². The molecule has 9 heteroatoms. The molecule has 0 saturated heterocycles. The number of nitrogens with zero attached hydrogens (tertiary/aromatic N) is 1. The number of alkyl halides is 3. The Kier molecular flexibility index (Phi) is 5.89. The molecule has 0 N–H and O–H groups in total. The van der Waals surface area contributed by atoms with Crippen LogP contribution < -0.4 is 4.18 Å². The zero-order valence-electron chi connectivity index (χ0n) is 15.1. The van der Waals surface area contributed by atoms with Crippen molar-refractivity contribution in [2.75, 3.05) is 13.1 Å². The summed E-state index contributed by atoms with van der Waals surface area (Å²) in [6.45, 7) is 8.09. The predicted molar refractivity (Wildman–Crippen MR) is 91.2 cm³/mol. The number of rotatable bonds is 2. The van der Waals surface area contributed by atoms with E-state index >= 15 is 0 Å². The second-order valence-electron chi connectivity index (χ2n) is 7.20. The first-order valence-corrected chi connectivity index (χ1v) is 9.22. The molecule has 0 saturated carbocycles. The second-order valence-corrected chi connectivity index (χ2v) is 8.30. The van der Waals surface area contributed by atoms with Crippen molar-refractivity contribution in [2.24, 2.45) is 0 Å². The maximum atomic E-state index is 12.4. The van der Waals surface area contributed by atoms with Gasteiger partial charge in [-0.1, -0.05) is 13.0 Å². The quantitative estimate of drug-likeness (QED) is 0.758. The molecule has 0 aliphatic carbocycles. The standard InChI is InChI=1S/C17H22F3NO4S/c1-11-10-21(15(22)24-16(2,3)4)8-7-12-9-13(5-6-14(11)12)25-26(23)17(18,19)20/h5-6,9,11H,7-8,10H2,1-4H3. The molecule has 0 bridgehead atoms. The maximum absolute atomic E-state index is 12.4. The number of carbonyl (C=O) groups excluding carboxylic acids is 1. The zero-order valence-corrected chi connectivity index (χ0v) is 15.9. The third-order valence-electron chi connectivity index (χ3n) is 3.80. The van der Waals surface area contributed by atoms with Crippen LogP contribution in [0.2, 0.25) is 0 Å². The molecule has 0 aromatic heterocycles. The fourth-order valence-electron chi connectivity index (χ4n) is 2.73. The van der Waals surface area contributed by atoms with E-state index in [4.69, 9.17) is 4.74 Å². The molecule has 1 aliphatic rings. The number of ether oxygens (including phenoxy) is 1. The third-order valence-corrected chi connectivity index (χ3v) is 4.53. The highest BCUT2D eigenvalue weighted by molar-refractivity contribution is 7.81. The highest BCUT2D eigenvalue weighted by Crippen LogP contribution is 2.31. The summed E-state index contributed by atoms with van der Waals surface area (Å²) in [5.41, 5.74) is -3.86. The van der Waals surface area contributed by atoms with Gasteiger partial charge in [-0.3, -0.25) is 0 Å². The van der Waals surface area contributed by atoms with Crippen molar-refractivity contribution in [3.05, 3.63) is 29.3 Å². The molecule has 2 unspecified atom stereocenters. The molecule has 0 fully saturated rings. The molecule has 1 heterocycles. The van der Waals surface area contributed by atoms with Crippen LogP contribution in [0.5, 0.6) is 5.75 Å². The summed E-state index contributed by atoms with van der Waals surface area (Å²) in [7, 11) is 0. The predicted octanol–water partition coefficient (Wildman–Crippen LogP) is 4.15. The van der Waals surface area contributed by atoms with Crippen molar-refractivity contribution in [3.63, 3.8) is 0 Å². The molecule has 5 nitrogen and oxygen atoms in total. The Balaban J connectivity index is 2.15. The van der Waals surface area contributed by atoms with E-state index in [1.54, 1.807) is 31.7 Å². The Bertz CT molecular complexity index is 700. The summed E-state index contributed by atoms with van der Waals surface area (Å²) in [6.07, 6.45) is 0.0150. The monoisotopic (exact) mass is 393 g/mol. The minimum Gasteiger partial charge on any atom is -0.444 e. The Morgan fingerprint density at radius 2 is 1.92 bits per heavy atom. The van der Waals surface area contributed by atoms with Crippen LogP contribution in [0.3, 0.4) is 0 Å². The lowest BCUT2D eigenvalue weighted by atomic mass is 9.95. The average molecular weight is 393 g/mol. The van der Waals surface area contributed by atoms with Gasteiger partial charge in [-0.15, -0.1) is 0 Å². The number of hydrogen-bond acceptors (Lipinski definition) is 4. The average Bonchev–Trinajstić information content (AvgIpc) is 2.64. The van der Waals surface area contributed by atoms with Crippen LogP contribution in [0.25, 0.3) is 0 Å². The van der Waals surface area contributed by atoms with E-state index in [-0.39, 0.29) is 11.7 Å². The van der Waals surface area contributed by atoms with Crippen LogP contribution in [-0.4, -0.2) is 39.4 Å². The van der Waals surface area contributed by atoms with Gasteiger partial charge in [0.25, 0.3) is 0 Å². The lowest BCUT2D eigenvalue weighted by Crippen LogP contribution is -2.38. The molecule has 2 rings (SSSR count). The molecule has 1 aromatic carbocycles. The fourth-order valence-corrected chi connectivity index (χ4v) is 3.11. The number of benzene rings is 1. The van der Waals surface area contributed by atoms with Gasteiger partial charge >= 0.3 is 22.7 Å². The van der Waals surface area contributed by atoms with Crippen molar-refractivity contribution in [3.8, 4) is 5.75 Å². The summed E-state index contributed by atoms with van der Waals surface area (Å²) >= 11 is -3.41. The van der Waals surface area contributed by atoms with E-state index in [1.807, 2.05) is 6.92 Å². The van der Waals surface area contributed by atoms with Crippen LogP contribution in [0, 0.1) is 0 Å². The second kappa shape index (κ2) is 7.46. The minimum atomic E-state index is -4.94. The topological polar surface area (TPSA) is 55.8 Å². The number of fused-ring (bicyclic) bond motifs is 1. The van der Waals surface area contributed by atoms with Crippen LogP contribution in [0.1, 0.15) is 44.7 Å². The lowest BCUT2D eigenvalue weighted by molar-refractivity contribution is -0.0437. The van der Waals surface area contributed by atoms with Crippen molar-refractivity contribution in [1.82, 2.24) is 4.90 Å². The van der Waals surface area contributed by atoms with Gasteiger partial charge in [0.1, 0.15) is 11.4 Å². The van der Waals surface area contributed by atoms with E-state index < -0.39 is 28.3 Å². The summed E-state index contributed by atoms with van der Waals surface area (Å²) in [5.74, 6) is -0.139. The van der Waals surface area contributed by atoms with Crippen LogP contribution in [0.4, 0.5) is 18.0 Å². The van der Waals surface area contributed by atoms with Crippen molar-refractivity contribution in [1.29, 1.82) is 0 Å². The fraction of sp³-hybridized carbons (Fsp3) is 0.588. The Morgan fingerprint density at radius 3 is 2.50 bits per heavy atom. The summed E-state index contributed by atoms with van der Waals surface area (Å²) < 4.78 is 58.2. The van der Waals surface area contributed by atoms with Crippen LogP contribution in [-0.2, 0) is 22.2 Å². The van der Waals surface area contributed by atoms with Gasteiger partial charge in [-0.25, -0.2) is 9.00 Å². The Labute approximate surface area is 153 Å². The van der Waals surface area contributed by atoms with Crippen molar-refractivity contribution < 1.29 is 31.1 Å². The van der Waals surface area contributed by atoms with Gasteiger partial charge in [-0.2, -0.15) is 13.2 Å². The highest BCUT2D eigenvalue weighted by Gasteiger charge is 2.40. The molecular weight excluding hydrogens is 371 g/mol. The SMILES string of the molecule is CC1CN(C(=O)OC(C)(C)C)CCc2cc(OS(=O)C(F)(F)F)ccc21. The van der Waals surface area contributed by atoms with Gasteiger partial charge in [0, 0.05) is 13.1 Å². The van der Waals surface area contributed by atoms with E-state index in [1.165, 1.54) is 12.1 Å². The highest BCUT2D eigenvalue weighted by atomic mass is 32.2. The number of amides is 1. The number of carbonyl (C=O) groups is 1. The zero-order chi connectivity index (χ0) is 19.7. The molecule has 1 aromatic rings. The lowest BCUT2D eigenvalue weighted by Gasteiger charge is -2.27. The van der Waals surface area contributed by atoms with E-state index in [2.05, 4.69) is 4.18 Å². The smallest absolute Gasteiger partial charge is 0.444 e. The maximum Gasteiger partial charge on any atom is 0.508 e. The Hall–Kier alpha value is -1.77. The first kappa shape index (κ1) is 20.5. The molecule has 2 atom stereocenters. The van der Waals surface area contributed by atoms with Crippen LogP contribution in [0.15, 0.2) is 18.2 Å². The van der Waals surface area contributed by atoms with Gasteiger partial charge in [0.15, 0.2) is 0 Å². The molecular formula is C17H22F3NO4S. The summed E-state index contributed by atoms with van der Waals surface area (Å²) in [4.78, 5) is 13.9. The third kappa shape index (κ3) is 5.36. The molecule has 1 amide bonds. The van der Waals surface area contributed by atoms with Crippen molar-refractivity contribution in [2.45, 2.75) is 51.1 Å². The van der Waals surface area contributed by atoms with E-state index in [0.29, 0.717) is 19.5 Å². The molecule has 0 radical (unpaired) electrons. The van der Waals surface area contributed by atoms with Crippen LogP contribution >= 0.6 is 0 Å². The summed E-state index contributed by atoms with van der Waals surface area (Å²) in [6, 6.07) is 4.47. The normalized spacial score (nSPS) is 19.3. The first-order valence-electron chi connectivity index (χ1n) is 8.14. The molecule has 1 aliphatic heterocycles. The van der Waals surface area contributed by atoms with Gasteiger partial charge in [-0.05, 0) is 56.4 Å². The molecule has 146 valence electrons. The number of halogens is 3. The summed E-state index contributed by atoms with van der Waals surface area (Å²) in [5, 5.41) is 0. The largest absolute Gasteiger partial charge is 0.508 e.